The quantitative estimate of drug-likeness (QED) is 0.905. The number of rotatable bonds is 3. The Bertz CT molecular complexity index is 441. The van der Waals surface area contributed by atoms with Crippen LogP contribution in [0.1, 0.15) is 18.4 Å². The van der Waals surface area contributed by atoms with E-state index in [-0.39, 0.29) is 0 Å². The van der Waals surface area contributed by atoms with E-state index in [2.05, 4.69) is 11.4 Å². The van der Waals surface area contributed by atoms with Crippen molar-refractivity contribution in [2.75, 3.05) is 33.4 Å². The van der Waals surface area contributed by atoms with Crippen LogP contribution < -0.4 is 19.5 Å². The summed E-state index contributed by atoms with van der Waals surface area (Å²) in [5.74, 6) is 3.11. The molecule has 2 aliphatic heterocycles. The minimum absolute atomic E-state index is 0.595. The summed E-state index contributed by atoms with van der Waals surface area (Å²) in [5.41, 5.74) is 1.22. The molecule has 0 bridgehead atoms. The van der Waals surface area contributed by atoms with Crippen molar-refractivity contribution >= 4 is 0 Å². The SMILES string of the molecule is COc1c(CC2CCCNC2)ccc2c1OCCO2. The summed E-state index contributed by atoms with van der Waals surface area (Å²) in [4.78, 5) is 0. The monoisotopic (exact) mass is 263 g/mol. The number of fused-ring (bicyclic) bond motifs is 1. The summed E-state index contributed by atoms with van der Waals surface area (Å²) in [6.45, 7) is 3.45. The van der Waals surface area contributed by atoms with Gasteiger partial charge in [0.05, 0.1) is 7.11 Å². The fourth-order valence-electron chi connectivity index (χ4n) is 2.92. The van der Waals surface area contributed by atoms with Crippen LogP contribution in [0.15, 0.2) is 12.1 Å². The molecule has 104 valence electrons. The molecule has 0 aliphatic carbocycles. The second kappa shape index (κ2) is 5.70. The van der Waals surface area contributed by atoms with Crippen LogP contribution in [0.3, 0.4) is 0 Å². The number of benzene rings is 1. The summed E-state index contributed by atoms with van der Waals surface area (Å²) >= 11 is 0. The average molecular weight is 263 g/mol. The van der Waals surface area contributed by atoms with Crippen molar-refractivity contribution in [3.63, 3.8) is 0 Å². The summed E-state index contributed by atoms with van der Waals surface area (Å²) in [7, 11) is 1.70. The predicted octanol–water partition coefficient (Wildman–Crippen LogP) is 2.01. The van der Waals surface area contributed by atoms with Crippen molar-refractivity contribution < 1.29 is 14.2 Å². The number of piperidine rings is 1. The van der Waals surface area contributed by atoms with E-state index >= 15 is 0 Å². The maximum atomic E-state index is 5.71. The summed E-state index contributed by atoms with van der Waals surface area (Å²) in [6, 6.07) is 4.11. The van der Waals surface area contributed by atoms with E-state index in [0.717, 1.165) is 36.8 Å². The fourth-order valence-corrected chi connectivity index (χ4v) is 2.92. The molecule has 1 saturated heterocycles. The maximum Gasteiger partial charge on any atom is 0.203 e. The van der Waals surface area contributed by atoms with Crippen LogP contribution >= 0.6 is 0 Å². The topological polar surface area (TPSA) is 39.7 Å². The molecule has 0 aromatic heterocycles. The van der Waals surface area contributed by atoms with Crippen LogP contribution in [0, 0.1) is 5.92 Å². The molecule has 2 heterocycles. The Balaban J connectivity index is 1.83. The van der Waals surface area contributed by atoms with Gasteiger partial charge in [0, 0.05) is 0 Å². The zero-order valence-corrected chi connectivity index (χ0v) is 11.4. The highest BCUT2D eigenvalue weighted by Gasteiger charge is 2.22. The van der Waals surface area contributed by atoms with Crippen LogP contribution in [-0.2, 0) is 6.42 Å². The van der Waals surface area contributed by atoms with Crippen LogP contribution in [0.25, 0.3) is 0 Å². The zero-order valence-electron chi connectivity index (χ0n) is 11.4. The Morgan fingerprint density at radius 1 is 1.32 bits per heavy atom. The van der Waals surface area contributed by atoms with Gasteiger partial charge in [-0.2, -0.15) is 0 Å². The van der Waals surface area contributed by atoms with Crippen molar-refractivity contribution in [1.29, 1.82) is 0 Å². The molecule has 1 fully saturated rings. The maximum absolute atomic E-state index is 5.71. The Kier molecular flexibility index (Phi) is 3.78. The fraction of sp³-hybridized carbons (Fsp3) is 0.600. The molecule has 19 heavy (non-hydrogen) atoms. The van der Waals surface area contributed by atoms with Crippen LogP contribution in [0.4, 0.5) is 0 Å². The van der Waals surface area contributed by atoms with Crippen molar-refractivity contribution in [2.24, 2.45) is 5.92 Å². The third-order valence-electron chi connectivity index (χ3n) is 3.86. The molecular formula is C15H21NO3. The van der Waals surface area contributed by atoms with Gasteiger partial charge in [-0.25, -0.2) is 0 Å². The van der Waals surface area contributed by atoms with Gasteiger partial charge in [-0.3, -0.25) is 0 Å². The third kappa shape index (κ3) is 2.63. The molecule has 0 saturated carbocycles. The molecule has 0 spiro atoms. The highest BCUT2D eigenvalue weighted by Crippen LogP contribution is 2.42. The average Bonchev–Trinajstić information content (AvgIpc) is 2.48. The smallest absolute Gasteiger partial charge is 0.203 e. The van der Waals surface area contributed by atoms with Crippen molar-refractivity contribution in [2.45, 2.75) is 19.3 Å². The van der Waals surface area contributed by atoms with E-state index in [9.17, 15) is 0 Å². The van der Waals surface area contributed by atoms with Crippen molar-refractivity contribution in [1.82, 2.24) is 5.32 Å². The second-order valence-electron chi connectivity index (χ2n) is 5.20. The van der Waals surface area contributed by atoms with E-state index < -0.39 is 0 Å². The van der Waals surface area contributed by atoms with Crippen LogP contribution in [0.5, 0.6) is 17.2 Å². The number of ether oxygens (including phenoxy) is 3. The molecule has 1 aromatic carbocycles. The molecule has 0 radical (unpaired) electrons. The Hall–Kier alpha value is -1.42. The zero-order chi connectivity index (χ0) is 13.1. The largest absolute Gasteiger partial charge is 0.492 e. The van der Waals surface area contributed by atoms with Gasteiger partial charge in [-0.1, -0.05) is 6.07 Å². The molecule has 1 N–H and O–H groups in total. The van der Waals surface area contributed by atoms with E-state index in [1.807, 2.05) is 6.07 Å². The van der Waals surface area contributed by atoms with Crippen molar-refractivity contribution in [3.8, 4) is 17.2 Å². The molecule has 1 unspecified atom stereocenters. The summed E-state index contributed by atoms with van der Waals surface area (Å²) in [6.07, 6.45) is 3.58. The Morgan fingerprint density at radius 2 is 2.21 bits per heavy atom. The molecule has 0 amide bonds. The minimum Gasteiger partial charge on any atom is -0.492 e. The molecule has 3 rings (SSSR count). The van der Waals surface area contributed by atoms with E-state index in [1.54, 1.807) is 7.11 Å². The molecule has 1 aromatic rings. The van der Waals surface area contributed by atoms with Gasteiger partial charge in [-0.05, 0) is 49.9 Å². The molecular weight excluding hydrogens is 242 g/mol. The van der Waals surface area contributed by atoms with E-state index in [4.69, 9.17) is 14.2 Å². The molecule has 4 heteroatoms. The van der Waals surface area contributed by atoms with Crippen LogP contribution in [-0.4, -0.2) is 33.4 Å². The second-order valence-corrected chi connectivity index (χ2v) is 5.20. The van der Waals surface area contributed by atoms with E-state index in [0.29, 0.717) is 19.1 Å². The van der Waals surface area contributed by atoms with Gasteiger partial charge >= 0.3 is 0 Å². The highest BCUT2D eigenvalue weighted by molar-refractivity contribution is 5.56. The first-order valence-electron chi connectivity index (χ1n) is 7.04. The van der Waals surface area contributed by atoms with Crippen LogP contribution in [0.2, 0.25) is 0 Å². The molecule has 1 atom stereocenters. The first-order chi connectivity index (χ1) is 9.38. The summed E-state index contributed by atoms with van der Waals surface area (Å²) in [5, 5.41) is 3.46. The predicted molar refractivity (Wildman–Crippen MR) is 73.3 cm³/mol. The first-order valence-corrected chi connectivity index (χ1v) is 7.04. The van der Waals surface area contributed by atoms with Gasteiger partial charge < -0.3 is 19.5 Å². The lowest BCUT2D eigenvalue weighted by molar-refractivity contribution is 0.164. The lowest BCUT2D eigenvalue weighted by Gasteiger charge is -2.26. The number of methoxy groups -OCH3 is 1. The first kappa shape index (κ1) is 12.6. The number of nitrogens with one attached hydrogen (secondary N) is 1. The van der Waals surface area contributed by atoms with Crippen molar-refractivity contribution in [3.05, 3.63) is 17.7 Å². The number of hydrogen-bond acceptors (Lipinski definition) is 4. The normalized spacial score (nSPS) is 22.1. The van der Waals surface area contributed by atoms with Gasteiger partial charge in [0.25, 0.3) is 0 Å². The minimum atomic E-state index is 0.595. The lowest BCUT2D eigenvalue weighted by Crippen LogP contribution is -2.31. The van der Waals surface area contributed by atoms with Gasteiger partial charge in [0.2, 0.25) is 5.75 Å². The number of hydrogen-bond donors (Lipinski definition) is 1. The standard InChI is InChI=1S/C15H21NO3/c1-17-14-12(9-11-3-2-6-16-10-11)4-5-13-15(14)19-8-7-18-13/h4-5,11,16H,2-3,6-10H2,1H3. The highest BCUT2D eigenvalue weighted by atomic mass is 16.6. The Morgan fingerprint density at radius 3 is 3.00 bits per heavy atom. The third-order valence-corrected chi connectivity index (χ3v) is 3.86. The molecule has 4 nitrogen and oxygen atoms in total. The van der Waals surface area contributed by atoms with Gasteiger partial charge in [-0.15, -0.1) is 0 Å². The van der Waals surface area contributed by atoms with E-state index in [1.165, 1.54) is 18.4 Å². The summed E-state index contributed by atoms with van der Waals surface area (Å²) < 4.78 is 16.9. The van der Waals surface area contributed by atoms with Gasteiger partial charge in [0.15, 0.2) is 11.5 Å². The molecule has 2 aliphatic rings. The van der Waals surface area contributed by atoms with Gasteiger partial charge in [0.1, 0.15) is 13.2 Å². The Labute approximate surface area is 114 Å². The lowest BCUT2D eigenvalue weighted by atomic mass is 9.91.